The van der Waals surface area contributed by atoms with Crippen molar-refractivity contribution < 1.29 is 29.3 Å². The van der Waals surface area contributed by atoms with Crippen LogP contribution in [0.5, 0.6) is 5.75 Å². The number of piperidine rings is 1. The fraction of sp³-hybridized carbons (Fsp3) is 0.552. The lowest BCUT2D eigenvalue weighted by Gasteiger charge is -2.40. The highest BCUT2D eigenvalue weighted by Gasteiger charge is 2.42. The lowest BCUT2D eigenvalue weighted by molar-refractivity contribution is -0.165. The minimum atomic E-state index is -1.22. The van der Waals surface area contributed by atoms with Gasteiger partial charge in [-0.15, -0.1) is 0 Å². The van der Waals surface area contributed by atoms with Crippen LogP contribution in [-0.2, 0) is 20.9 Å². The van der Waals surface area contributed by atoms with Crippen molar-refractivity contribution in [3.8, 4) is 5.75 Å². The van der Waals surface area contributed by atoms with Gasteiger partial charge in [-0.1, -0.05) is 24.1 Å². The van der Waals surface area contributed by atoms with Gasteiger partial charge in [-0.2, -0.15) is 0 Å². The molecule has 0 aliphatic carbocycles. The molecule has 3 heterocycles. The van der Waals surface area contributed by atoms with E-state index in [-0.39, 0.29) is 38.1 Å². The van der Waals surface area contributed by atoms with E-state index in [1.807, 2.05) is 12.1 Å². The summed E-state index contributed by atoms with van der Waals surface area (Å²) in [5.41, 5.74) is 0.539. The highest BCUT2D eigenvalue weighted by Crippen LogP contribution is 2.38. The first-order valence-electron chi connectivity index (χ1n) is 13.7. The number of pyridine rings is 1. The van der Waals surface area contributed by atoms with Crippen molar-refractivity contribution in [3.05, 3.63) is 59.4 Å². The predicted octanol–water partition coefficient (Wildman–Crippen LogP) is 3.06. The summed E-state index contributed by atoms with van der Waals surface area (Å²) in [6.07, 6.45) is 4.80. The van der Waals surface area contributed by atoms with E-state index in [0.29, 0.717) is 43.0 Å². The van der Waals surface area contributed by atoms with Crippen LogP contribution in [0.1, 0.15) is 44.1 Å². The van der Waals surface area contributed by atoms with Crippen LogP contribution in [0.25, 0.3) is 0 Å². The van der Waals surface area contributed by atoms with Crippen LogP contribution in [0.15, 0.2) is 48.8 Å². The number of aromatic nitrogens is 1. The fourth-order valence-corrected chi connectivity index (χ4v) is 5.45. The van der Waals surface area contributed by atoms with E-state index in [9.17, 15) is 19.8 Å². The number of hydrogen-bond acceptors (Lipinski definition) is 8. The number of carbonyl (C=O) groups is 2. The Morgan fingerprint density at radius 1 is 1.05 bits per heavy atom. The van der Waals surface area contributed by atoms with Gasteiger partial charge in [0.1, 0.15) is 18.5 Å². The first-order chi connectivity index (χ1) is 18.8. The summed E-state index contributed by atoms with van der Waals surface area (Å²) in [6.45, 7) is 2.63. The number of nitrogens with zero attached hydrogens (tertiary/aromatic N) is 3. The number of carbonyl (C=O) groups excluding carboxylic acids is 2. The van der Waals surface area contributed by atoms with Gasteiger partial charge < -0.3 is 24.6 Å². The van der Waals surface area contributed by atoms with E-state index in [0.717, 1.165) is 26.1 Å². The molecule has 2 saturated heterocycles. The smallest absolute Gasteiger partial charge is 0.312 e. The lowest BCUT2D eigenvalue weighted by Crippen LogP contribution is -2.45. The molecule has 2 atom stereocenters. The molecule has 1 spiro atoms. The van der Waals surface area contributed by atoms with E-state index in [2.05, 4.69) is 9.88 Å². The Kier molecular flexibility index (Phi) is 10.6. The molecule has 4 rings (SSSR count). The van der Waals surface area contributed by atoms with Crippen LogP contribution in [0.3, 0.4) is 0 Å². The zero-order valence-corrected chi connectivity index (χ0v) is 23.0. The number of cyclic esters (lactones) is 1. The predicted molar refractivity (Wildman–Crippen MR) is 146 cm³/mol. The molecule has 1 aromatic carbocycles. The summed E-state index contributed by atoms with van der Waals surface area (Å²) in [6, 6.07) is 10.9. The van der Waals surface area contributed by atoms with Crippen molar-refractivity contribution in [2.75, 3.05) is 39.4 Å². The summed E-state index contributed by atoms with van der Waals surface area (Å²) in [7, 11) is 0. The molecule has 2 N–H and O–H groups in total. The molecule has 2 aliphatic heterocycles. The molecule has 9 nitrogen and oxygen atoms in total. The molecule has 2 fully saturated rings. The first-order valence-corrected chi connectivity index (χ1v) is 14.0. The van der Waals surface area contributed by atoms with Crippen LogP contribution < -0.4 is 4.74 Å². The van der Waals surface area contributed by atoms with Crippen LogP contribution in [0.2, 0.25) is 5.02 Å². The molecule has 0 unspecified atom stereocenters. The number of hydrogen-bond donors (Lipinski definition) is 2. The summed E-state index contributed by atoms with van der Waals surface area (Å²) < 4.78 is 11.2. The van der Waals surface area contributed by atoms with E-state index >= 15 is 0 Å². The van der Waals surface area contributed by atoms with E-state index in [1.165, 1.54) is 5.56 Å². The second kappa shape index (κ2) is 14.1. The quantitative estimate of drug-likeness (QED) is 0.538. The Morgan fingerprint density at radius 3 is 2.56 bits per heavy atom. The Bertz CT molecular complexity index is 1080. The third-order valence-corrected chi connectivity index (χ3v) is 8.01. The van der Waals surface area contributed by atoms with Crippen LogP contribution >= 0.6 is 11.6 Å². The van der Waals surface area contributed by atoms with Gasteiger partial charge in [0.15, 0.2) is 6.61 Å². The molecular weight excluding hydrogens is 522 g/mol. The number of esters is 1. The third kappa shape index (κ3) is 8.38. The van der Waals surface area contributed by atoms with Crippen molar-refractivity contribution in [2.45, 2.75) is 57.3 Å². The molecule has 10 heteroatoms. The standard InChI is InChI=1S/C29H38ClN3O6/c30-23-4-3-5-24(18-23)38-21-27(36)33-14-2-1-9-29(28(37)39-20-26(35)25(34)8-15-33)10-16-32(17-11-29)19-22-6-12-31-13-7-22/h3-7,12-13,18,25-26,34-35H,1-2,8-11,14-17,19-21H2/t25-,26+/m0/s1. The lowest BCUT2D eigenvalue weighted by atomic mass is 9.74. The fourth-order valence-electron chi connectivity index (χ4n) is 5.27. The van der Waals surface area contributed by atoms with Gasteiger partial charge in [0.05, 0.1) is 11.5 Å². The number of ether oxygens (including phenoxy) is 2. The van der Waals surface area contributed by atoms with Gasteiger partial charge in [-0.3, -0.25) is 19.5 Å². The molecule has 0 saturated carbocycles. The third-order valence-electron chi connectivity index (χ3n) is 7.77. The zero-order chi connectivity index (χ0) is 27.7. The van der Waals surface area contributed by atoms with Gasteiger partial charge in [0, 0.05) is 37.1 Å². The largest absolute Gasteiger partial charge is 0.484 e. The maximum atomic E-state index is 13.3. The number of amides is 1. The number of benzene rings is 1. The number of aliphatic hydroxyl groups excluding tert-OH is 2. The second-order valence-corrected chi connectivity index (χ2v) is 11.0. The summed E-state index contributed by atoms with van der Waals surface area (Å²) in [5, 5.41) is 21.5. The highest BCUT2D eigenvalue weighted by atomic mass is 35.5. The Balaban J connectivity index is 1.37. The zero-order valence-electron chi connectivity index (χ0n) is 22.2. The molecule has 1 aromatic heterocycles. The Morgan fingerprint density at radius 2 is 1.82 bits per heavy atom. The SMILES string of the molecule is O=C(COc1cccc(Cl)c1)N1CCCCC2(CCN(Cc3ccncc3)CC2)C(=O)OC[C@@H](O)[C@@H](O)CC1. The average Bonchev–Trinajstić information content (AvgIpc) is 2.95. The monoisotopic (exact) mass is 559 g/mol. The van der Waals surface area contributed by atoms with Crippen molar-refractivity contribution >= 4 is 23.5 Å². The second-order valence-electron chi connectivity index (χ2n) is 10.5. The highest BCUT2D eigenvalue weighted by molar-refractivity contribution is 6.30. The Labute approximate surface area is 234 Å². The van der Waals surface area contributed by atoms with E-state index in [4.69, 9.17) is 21.1 Å². The Hall–Kier alpha value is -2.72. The average molecular weight is 560 g/mol. The number of aliphatic hydroxyl groups is 2. The van der Waals surface area contributed by atoms with Gasteiger partial charge in [-0.25, -0.2) is 0 Å². The minimum Gasteiger partial charge on any atom is -0.484 e. The molecule has 0 bridgehead atoms. The van der Waals surface area contributed by atoms with Gasteiger partial charge in [-0.05, 0) is 81.1 Å². The summed E-state index contributed by atoms with van der Waals surface area (Å²) in [5.74, 6) is -0.0116. The van der Waals surface area contributed by atoms with Gasteiger partial charge in [0.2, 0.25) is 0 Å². The summed E-state index contributed by atoms with van der Waals surface area (Å²) in [4.78, 5) is 34.4. The molecule has 0 radical (unpaired) electrons. The first kappa shape index (κ1) is 29.3. The molecule has 39 heavy (non-hydrogen) atoms. The van der Waals surface area contributed by atoms with Crippen molar-refractivity contribution in [3.63, 3.8) is 0 Å². The molecular formula is C29H38ClN3O6. The molecule has 1 amide bonds. The minimum absolute atomic E-state index is 0.155. The van der Waals surface area contributed by atoms with E-state index < -0.39 is 17.6 Å². The van der Waals surface area contributed by atoms with Crippen molar-refractivity contribution in [1.82, 2.24) is 14.8 Å². The maximum Gasteiger partial charge on any atom is 0.312 e. The normalized spacial score (nSPS) is 23.3. The number of rotatable bonds is 5. The molecule has 212 valence electrons. The summed E-state index contributed by atoms with van der Waals surface area (Å²) >= 11 is 6.00. The van der Waals surface area contributed by atoms with Crippen molar-refractivity contribution in [2.24, 2.45) is 5.41 Å². The topological polar surface area (TPSA) is 112 Å². The van der Waals surface area contributed by atoms with Crippen molar-refractivity contribution in [1.29, 1.82) is 0 Å². The maximum absolute atomic E-state index is 13.3. The van der Waals surface area contributed by atoms with E-state index in [1.54, 1.807) is 41.6 Å². The van der Waals surface area contributed by atoms with Gasteiger partial charge >= 0.3 is 5.97 Å². The van der Waals surface area contributed by atoms with Crippen LogP contribution in [0.4, 0.5) is 0 Å². The number of halogens is 1. The van der Waals surface area contributed by atoms with Crippen LogP contribution in [-0.4, -0.2) is 88.5 Å². The molecule has 2 aromatic rings. The molecule has 2 aliphatic rings. The van der Waals surface area contributed by atoms with Gasteiger partial charge in [0.25, 0.3) is 5.91 Å². The van der Waals surface area contributed by atoms with Crippen LogP contribution in [0, 0.1) is 5.41 Å². The number of likely N-dealkylation sites (tertiary alicyclic amines) is 1.